The van der Waals surface area contributed by atoms with Crippen LogP contribution in [0, 0.1) is 0 Å². The molecule has 1 aromatic carbocycles. The normalized spacial score (nSPS) is 16.2. The van der Waals surface area contributed by atoms with Crippen LogP contribution in [-0.4, -0.2) is 28.1 Å². The number of hydrazone groups is 1. The predicted octanol–water partition coefficient (Wildman–Crippen LogP) is 3.65. The highest BCUT2D eigenvalue weighted by Crippen LogP contribution is 2.18. The third-order valence-corrected chi connectivity index (χ3v) is 3.77. The molecule has 0 unspecified atom stereocenters. The lowest BCUT2D eigenvalue weighted by molar-refractivity contribution is -0.115. The van der Waals surface area contributed by atoms with E-state index in [4.69, 9.17) is 0 Å². The van der Waals surface area contributed by atoms with Gasteiger partial charge in [-0.3, -0.25) is 15.2 Å². The number of amidine groups is 1. The van der Waals surface area contributed by atoms with Gasteiger partial charge in [-0.2, -0.15) is 5.10 Å². The Hall–Kier alpha value is -1.53. The van der Waals surface area contributed by atoms with Gasteiger partial charge in [0.25, 0.3) is 0 Å². The van der Waals surface area contributed by atoms with Gasteiger partial charge in [-0.1, -0.05) is 30.8 Å². The van der Waals surface area contributed by atoms with E-state index in [0.717, 1.165) is 27.9 Å². The molecule has 0 aliphatic carbocycles. The topological polar surface area (TPSA) is 65.8 Å². The molecule has 0 spiro atoms. The van der Waals surface area contributed by atoms with Gasteiger partial charge in [0.2, 0.25) is 5.91 Å². The number of anilines is 1. The van der Waals surface area contributed by atoms with Gasteiger partial charge in [0, 0.05) is 17.9 Å². The first-order valence-corrected chi connectivity index (χ1v) is 8.31. The smallest absolute Gasteiger partial charge is 0.224 e. The van der Waals surface area contributed by atoms with Crippen molar-refractivity contribution in [1.82, 2.24) is 5.43 Å². The van der Waals surface area contributed by atoms with E-state index < -0.39 is 0 Å². The van der Waals surface area contributed by atoms with Crippen LogP contribution in [0.2, 0.25) is 0 Å². The average Bonchev–Trinajstić information content (AvgIpc) is 2.47. The summed E-state index contributed by atoms with van der Waals surface area (Å²) in [6.45, 7) is 8.01. The molecule has 0 radical (unpaired) electrons. The number of carbonyl (C=O) groups excluding carboxylic acids is 1. The van der Waals surface area contributed by atoms with Gasteiger partial charge in [0.15, 0.2) is 5.17 Å². The minimum absolute atomic E-state index is 0. The van der Waals surface area contributed by atoms with E-state index in [-0.39, 0.29) is 23.9 Å². The van der Waals surface area contributed by atoms with Crippen molar-refractivity contribution in [3.05, 3.63) is 29.8 Å². The molecule has 1 aliphatic rings. The van der Waals surface area contributed by atoms with Crippen molar-refractivity contribution in [3.63, 3.8) is 0 Å². The SMILES string of the molecule is CCC(=O)Nc1ccc(C2=NNC(=NC(C)(C)C)SC2)cc1.Cl. The van der Waals surface area contributed by atoms with E-state index in [1.807, 2.05) is 31.2 Å². The molecular formula is C16H23ClN4OS. The van der Waals surface area contributed by atoms with Crippen molar-refractivity contribution in [2.45, 2.75) is 39.7 Å². The van der Waals surface area contributed by atoms with Crippen molar-refractivity contribution in [2.24, 2.45) is 10.1 Å². The minimum atomic E-state index is -0.110. The Morgan fingerprint density at radius 1 is 1.35 bits per heavy atom. The van der Waals surface area contributed by atoms with Gasteiger partial charge in [0.05, 0.1) is 11.3 Å². The zero-order valence-electron chi connectivity index (χ0n) is 13.8. The molecule has 0 aromatic heterocycles. The molecule has 1 aliphatic heterocycles. The lowest BCUT2D eigenvalue weighted by Gasteiger charge is -2.19. The van der Waals surface area contributed by atoms with Crippen molar-refractivity contribution in [2.75, 3.05) is 11.1 Å². The summed E-state index contributed by atoms with van der Waals surface area (Å²) in [6, 6.07) is 7.74. The number of hydrogen-bond donors (Lipinski definition) is 2. The number of hydrogen-bond acceptors (Lipinski definition) is 4. The maximum Gasteiger partial charge on any atom is 0.224 e. The molecule has 2 rings (SSSR count). The summed E-state index contributed by atoms with van der Waals surface area (Å²) in [5, 5.41) is 8.09. The molecule has 0 saturated heterocycles. The third kappa shape index (κ3) is 6.23. The fourth-order valence-corrected chi connectivity index (χ4v) is 2.77. The summed E-state index contributed by atoms with van der Waals surface area (Å²) in [5.41, 5.74) is 5.73. The molecule has 0 bridgehead atoms. The second-order valence-corrected chi connectivity index (χ2v) is 6.99. The summed E-state index contributed by atoms with van der Waals surface area (Å²) in [6.07, 6.45) is 0.477. The summed E-state index contributed by atoms with van der Waals surface area (Å²) >= 11 is 1.65. The Kier molecular flexibility index (Phi) is 7.09. The molecule has 0 atom stereocenters. The first kappa shape index (κ1) is 19.5. The van der Waals surface area contributed by atoms with Gasteiger partial charge in [-0.25, -0.2) is 0 Å². The third-order valence-electron chi connectivity index (χ3n) is 2.89. The summed E-state index contributed by atoms with van der Waals surface area (Å²) in [7, 11) is 0. The largest absolute Gasteiger partial charge is 0.326 e. The van der Waals surface area contributed by atoms with Crippen LogP contribution < -0.4 is 10.7 Å². The van der Waals surface area contributed by atoms with Crippen LogP contribution in [0.1, 0.15) is 39.7 Å². The Morgan fingerprint density at radius 2 is 2.00 bits per heavy atom. The van der Waals surface area contributed by atoms with E-state index in [2.05, 4.69) is 41.6 Å². The summed E-state index contributed by atoms with van der Waals surface area (Å²) in [4.78, 5) is 15.9. The molecule has 1 heterocycles. The Morgan fingerprint density at radius 3 is 2.48 bits per heavy atom. The van der Waals surface area contributed by atoms with Crippen molar-refractivity contribution in [1.29, 1.82) is 0 Å². The van der Waals surface area contributed by atoms with E-state index >= 15 is 0 Å². The monoisotopic (exact) mass is 354 g/mol. The van der Waals surface area contributed by atoms with Crippen molar-refractivity contribution >= 4 is 46.6 Å². The fourth-order valence-electron chi connectivity index (χ4n) is 1.82. The molecule has 126 valence electrons. The van der Waals surface area contributed by atoms with Crippen LogP contribution in [0.3, 0.4) is 0 Å². The number of thioether (sulfide) groups is 1. The molecule has 0 fully saturated rings. The first-order valence-electron chi connectivity index (χ1n) is 7.33. The number of halogens is 1. The van der Waals surface area contributed by atoms with Gasteiger partial charge < -0.3 is 5.32 Å². The van der Waals surface area contributed by atoms with Crippen LogP contribution >= 0.6 is 24.2 Å². The summed E-state index contributed by atoms with van der Waals surface area (Å²) in [5.74, 6) is 0.797. The molecule has 1 aromatic rings. The zero-order chi connectivity index (χ0) is 16.2. The highest BCUT2D eigenvalue weighted by Gasteiger charge is 2.16. The lowest BCUT2D eigenvalue weighted by Crippen LogP contribution is -2.28. The number of carbonyl (C=O) groups is 1. The maximum absolute atomic E-state index is 11.4. The van der Waals surface area contributed by atoms with Crippen molar-refractivity contribution in [3.8, 4) is 0 Å². The number of rotatable bonds is 3. The molecule has 5 nitrogen and oxygen atoms in total. The zero-order valence-corrected chi connectivity index (χ0v) is 15.5. The Bertz CT molecular complexity index is 606. The van der Waals surface area contributed by atoms with Crippen LogP contribution in [0.25, 0.3) is 0 Å². The first-order chi connectivity index (χ1) is 10.4. The van der Waals surface area contributed by atoms with Crippen LogP contribution in [0.5, 0.6) is 0 Å². The second kappa shape index (κ2) is 8.36. The standard InChI is InChI=1S/C16H22N4OS.ClH/c1-5-14(21)17-12-8-6-11(7-9-12)13-10-22-15(20-19-13)18-16(2,3)4;/h6-9H,5,10H2,1-4H3,(H,17,21)(H,18,20);1H. The molecule has 7 heteroatoms. The summed E-state index contributed by atoms with van der Waals surface area (Å²) < 4.78 is 0. The fraction of sp³-hybridized carbons (Fsp3) is 0.438. The molecule has 23 heavy (non-hydrogen) atoms. The maximum atomic E-state index is 11.4. The molecule has 0 saturated carbocycles. The minimum Gasteiger partial charge on any atom is -0.326 e. The van der Waals surface area contributed by atoms with E-state index in [0.29, 0.717) is 6.42 Å². The van der Waals surface area contributed by atoms with Gasteiger partial charge in [-0.15, -0.1) is 12.4 Å². The van der Waals surface area contributed by atoms with Gasteiger partial charge in [-0.05, 0) is 38.5 Å². The second-order valence-electron chi connectivity index (χ2n) is 6.03. The predicted molar refractivity (Wildman–Crippen MR) is 102 cm³/mol. The van der Waals surface area contributed by atoms with E-state index in [1.54, 1.807) is 11.8 Å². The van der Waals surface area contributed by atoms with Crippen LogP contribution in [0.4, 0.5) is 5.69 Å². The highest BCUT2D eigenvalue weighted by molar-refractivity contribution is 8.14. The molecular weight excluding hydrogens is 332 g/mol. The van der Waals surface area contributed by atoms with Gasteiger partial charge >= 0.3 is 0 Å². The quantitative estimate of drug-likeness (QED) is 0.870. The average molecular weight is 355 g/mol. The molecule has 1 amide bonds. The number of amides is 1. The van der Waals surface area contributed by atoms with Gasteiger partial charge in [0.1, 0.15) is 0 Å². The number of nitrogens with zero attached hydrogens (tertiary/aromatic N) is 2. The van der Waals surface area contributed by atoms with E-state index in [1.165, 1.54) is 0 Å². The Balaban J connectivity index is 0.00000264. The number of benzene rings is 1. The van der Waals surface area contributed by atoms with Crippen molar-refractivity contribution < 1.29 is 4.79 Å². The molecule has 2 N–H and O–H groups in total. The number of aliphatic imine (C=N–C) groups is 1. The van der Waals surface area contributed by atoms with Crippen LogP contribution in [0.15, 0.2) is 34.4 Å². The number of nitrogens with one attached hydrogen (secondary N) is 2. The van der Waals surface area contributed by atoms with Crippen LogP contribution in [-0.2, 0) is 4.79 Å². The highest BCUT2D eigenvalue weighted by atomic mass is 35.5. The Labute approximate surface area is 147 Å². The lowest BCUT2D eigenvalue weighted by atomic mass is 10.1. The van der Waals surface area contributed by atoms with E-state index in [9.17, 15) is 4.79 Å².